The quantitative estimate of drug-likeness (QED) is 0.265. The van der Waals surface area contributed by atoms with Crippen molar-refractivity contribution < 1.29 is 14.4 Å². The Bertz CT molecular complexity index is 1380. The lowest BCUT2D eigenvalue weighted by molar-refractivity contribution is -0.121. The van der Waals surface area contributed by atoms with Crippen LogP contribution in [0.1, 0.15) is 28.8 Å². The molecule has 6 nitrogen and oxygen atoms in total. The third-order valence-electron chi connectivity index (χ3n) is 5.65. The molecule has 34 heavy (non-hydrogen) atoms. The minimum Gasteiger partial charge on any atom is -0.279 e. The van der Waals surface area contributed by atoms with E-state index in [4.69, 9.17) is 4.98 Å². The number of nitrogens with zero attached hydrogens (tertiary/aromatic N) is 3. The maximum Gasteiger partial charge on any atom is 0.260 e. The summed E-state index contributed by atoms with van der Waals surface area (Å²) in [5, 5.41) is 0.598. The summed E-state index contributed by atoms with van der Waals surface area (Å²) in [6.45, 7) is 0.348. The van der Waals surface area contributed by atoms with E-state index in [1.54, 1.807) is 40.9 Å². The number of hydrogen-bond acceptors (Lipinski definition) is 6. The predicted molar refractivity (Wildman–Crippen MR) is 137 cm³/mol. The number of thioether (sulfide) groups is 1. The van der Waals surface area contributed by atoms with E-state index in [1.165, 1.54) is 16.2 Å². The molecule has 3 amide bonds. The van der Waals surface area contributed by atoms with Gasteiger partial charge in [0.15, 0.2) is 5.13 Å². The highest BCUT2D eigenvalue weighted by atomic mass is 32.2. The van der Waals surface area contributed by atoms with Gasteiger partial charge < -0.3 is 0 Å². The molecule has 0 aliphatic carbocycles. The van der Waals surface area contributed by atoms with Crippen LogP contribution in [0.15, 0.2) is 77.7 Å². The monoisotopic (exact) mass is 487 g/mol. The van der Waals surface area contributed by atoms with Gasteiger partial charge >= 0.3 is 0 Å². The third kappa shape index (κ3) is 4.34. The van der Waals surface area contributed by atoms with E-state index in [1.807, 2.05) is 48.7 Å². The predicted octanol–water partition coefficient (Wildman–Crippen LogP) is 5.52. The maximum absolute atomic E-state index is 13.8. The van der Waals surface area contributed by atoms with Crippen LogP contribution in [0, 0.1) is 0 Å². The number of amides is 3. The van der Waals surface area contributed by atoms with E-state index in [0.717, 1.165) is 20.7 Å². The van der Waals surface area contributed by atoms with Gasteiger partial charge in [-0.05, 0) is 48.2 Å². The molecule has 4 aromatic rings. The van der Waals surface area contributed by atoms with Crippen molar-refractivity contribution in [1.29, 1.82) is 0 Å². The zero-order chi connectivity index (χ0) is 23.7. The number of benzene rings is 3. The molecular weight excluding hydrogens is 466 g/mol. The Balaban J connectivity index is 1.54. The molecule has 1 aliphatic heterocycles. The van der Waals surface area contributed by atoms with Gasteiger partial charge in [0.1, 0.15) is 0 Å². The molecule has 5 rings (SSSR count). The first kappa shape index (κ1) is 22.3. The van der Waals surface area contributed by atoms with E-state index >= 15 is 0 Å². The average Bonchev–Trinajstić information content (AvgIpc) is 3.44. The zero-order valence-corrected chi connectivity index (χ0v) is 20.1. The van der Waals surface area contributed by atoms with E-state index < -0.39 is 0 Å². The molecule has 1 saturated heterocycles. The Kier molecular flexibility index (Phi) is 6.17. The van der Waals surface area contributed by atoms with Gasteiger partial charge in [-0.3, -0.25) is 24.2 Å². The van der Waals surface area contributed by atoms with Crippen LogP contribution in [0.25, 0.3) is 10.2 Å². The van der Waals surface area contributed by atoms with Crippen LogP contribution < -0.4 is 9.80 Å². The molecule has 0 radical (unpaired) electrons. The molecule has 0 saturated carbocycles. The van der Waals surface area contributed by atoms with Crippen LogP contribution in [0.4, 0.5) is 10.8 Å². The first-order valence-corrected chi connectivity index (χ1v) is 12.8. The first-order valence-electron chi connectivity index (χ1n) is 10.8. The van der Waals surface area contributed by atoms with Crippen molar-refractivity contribution in [2.75, 3.05) is 16.1 Å². The third-order valence-corrected chi connectivity index (χ3v) is 7.41. The topological polar surface area (TPSA) is 70.6 Å². The van der Waals surface area contributed by atoms with Gasteiger partial charge in [-0.15, -0.1) is 11.8 Å². The minimum absolute atomic E-state index is 0.195. The number of fused-ring (bicyclic) bond motifs is 1. The van der Waals surface area contributed by atoms with Crippen molar-refractivity contribution in [3.05, 3.63) is 83.9 Å². The van der Waals surface area contributed by atoms with Crippen molar-refractivity contribution in [1.82, 2.24) is 4.98 Å². The Morgan fingerprint density at radius 1 is 1.00 bits per heavy atom. The molecule has 0 bridgehead atoms. The summed E-state index contributed by atoms with van der Waals surface area (Å²) in [7, 11) is 0. The zero-order valence-electron chi connectivity index (χ0n) is 18.4. The summed E-state index contributed by atoms with van der Waals surface area (Å²) in [5.74, 6) is -0.730. The lowest BCUT2D eigenvalue weighted by atomic mass is 10.1. The Morgan fingerprint density at radius 3 is 2.50 bits per heavy atom. The second kappa shape index (κ2) is 9.40. The van der Waals surface area contributed by atoms with Gasteiger partial charge in [0.05, 0.1) is 22.4 Å². The minimum atomic E-state index is -0.244. The molecule has 1 fully saturated rings. The van der Waals surface area contributed by atoms with Gasteiger partial charge in [0, 0.05) is 23.3 Å². The van der Waals surface area contributed by atoms with Gasteiger partial charge in [0.25, 0.3) is 5.91 Å². The number of imide groups is 1. The molecular formula is C26H21N3O3S2. The molecule has 0 atom stereocenters. The van der Waals surface area contributed by atoms with Crippen molar-refractivity contribution in [2.24, 2.45) is 0 Å². The second-order valence-corrected chi connectivity index (χ2v) is 9.77. The number of rotatable bonds is 6. The smallest absolute Gasteiger partial charge is 0.260 e. The standard InChI is InChI=1S/C26H21N3O3S2/c1-33-20-10-11-21-22(15-20)34-26(27-21)28(16-17-6-3-2-4-7-17)25(32)18-8-5-9-19(14-18)29-23(30)12-13-24(29)31/h2-11,14-15H,12-13,16H2,1H3. The second-order valence-electron chi connectivity index (χ2n) is 7.88. The average molecular weight is 488 g/mol. The van der Waals surface area contributed by atoms with Crippen molar-refractivity contribution in [3.8, 4) is 0 Å². The van der Waals surface area contributed by atoms with Crippen LogP contribution in [-0.4, -0.2) is 29.0 Å². The van der Waals surface area contributed by atoms with Crippen LogP contribution >= 0.6 is 23.1 Å². The highest BCUT2D eigenvalue weighted by Crippen LogP contribution is 2.33. The molecule has 0 N–H and O–H groups in total. The highest BCUT2D eigenvalue weighted by molar-refractivity contribution is 7.98. The van der Waals surface area contributed by atoms with E-state index in [-0.39, 0.29) is 30.6 Å². The van der Waals surface area contributed by atoms with Crippen molar-refractivity contribution >= 4 is 61.9 Å². The van der Waals surface area contributed by atoms with Gasteiger partial charge in [-0.1, -0.05) is 47.7 Å². The van der Waals surface area contributed by atoms with Crippen molar-refractivity contribution in [3.63, 3.8) is 0 Å². The Labute approximate surface area is 205 Å². The largest absolute Gasteiger partial charge is 0.279 e. The van der Waals surface area contributed by atoms with Crippen LogP contribution in [0.5, 0.6) is 0 Å². The fourth-order valence-corrected chi connectivity index (χ4v) is 5.44. The summed E-state index contributed by atoms with van der Waals surface area (Å²) in [6.07, 6.45) is 2.42. The molecule has 0 unspecified atom stereocenters. The summed E-state index contributed by atoms with van der Waals surface area (Å²) in [6, 6.07) is 22.5. The van der Waals surface area contributed by atoms with Crippen molar-refractivity contribution in [2.45, 2.75) is 24.3 Å². The molecule has 1 aromatic heterocycles. The highest BCUT2D eigenvalue weighted by Gasteiger charge is 2.31. The SMILES string of the molecule is CSc1ccc2nc(N(Cc3ccccc3)C(=O)c3cccc(N4C(=O)CCC4=O)c3)sc2c1. The number of thiazole rings is 1. The van der Waals surface area contributed by atoms with Gasteiger partial charge in [0.2, 0.25) is 11.8 Å². The summed E-state index contributed by atoms with van der Waals surface area (Å²) in [5.41, 5.74) is 2.63. The van der Waals surface area contributed by atoms with E-state index in [0.29, 0.717) is 22.9 Å². The molecule has 2 heterocycles. The van der Waals surface area contributed by atoms with Gasteiger partial charge in [-0.25, -0.2) is 4.98 Å². The summed E-state index contributed by atoms with van der Waals surface area (Å²) < 4.78 is 1.01. The lowest BCUT2D eigenvalue weighted by Crippen LogP contribution is -2.31. The summed E-state index contributed by atoms with van der Waals surface area (Å²) in [4.78, 5) is 46.9. The molecule has 8 heteroatoms. The molecule has 3 aromatic carbocycles. The molecule has 1 aliphatic rings. The lowest BCUT2D eigenvalue weighted by Gasteiger charge is -2.21. The van der Waals surface area contributed by atoms with Gasteiger partial charge in [-0.2, -0.15) is 0 Å². The van der Waals surface area contributed by atoms with E-state index in [9.17, 15) is 14.4 Å². The Morgan fingerprint density at radius 2 is 1.76 bits per heavy atom. The maximum atomic E-state index is 13.8. The Hall–Kier alpha value is -3.49. The fraction of sp³-hybridized carbons (Fsp3) is 0.154. The number of carbonyl (C=O) groups is 3. The number of carbonyl (C=O) groups excluding carboxylic acids is 3. The normalized spacial score (nSPS) is 13.6. The summed E-state index contributed by atoms with van der Waals surface area (Å²) >= 11 is 3.13. The van der Waals surface area contributed by atoms with Crippen LogP contribution in [0.2, 0.25) is 0 Å². The van der Waals surface area contributed by atoms with E-state index in [2.05, 4.69) is 6.07 Å². The number of hydrogen-bond donors (Lipinski definition) is 0. The fourth-order valence-electron chi connectivity index (χ4n) is 3.93. The molecule has 170 valence electrons. The number of aromatic nitrogens is 1. The molecule has 0 spiro atoms. The number of anilines is 2. The van der Waals surface area contributed by atoms with Crippen LogP contribution in [-0.2, 0) is 16.1 Å². The first-order chi connectivity index (χ1) is 16.5. The van der Waals surface area contributed by atoms with Crippen LogP contribution in [0.3, 0.4) is 0 Å².